The van der Waals surface area contributed by atoms with Gasteiger partial charge in [0.25, 0.3) is 0 Å². The van der Waals surface area contributed by atoms with Crippen molar-refractivity contribution in [3.05, 3.63) is 30.3 Å². The number of anilines is 1. The van der Waals surface area contributed by atoms with Crippen molar-refractivity contribution in [3.8, 4) is 0 Å². The van der Waals surface area contributed by atoms with Crippen molar-refractivity contribution in [2.24, 2.45) is 0 Å². The fourth-order valence-electron chi connectivity index (χ4n) is 2.25. The van der Waals surface area contributed by atoms with Gasteiger partial charge in [0.2, 0.25) is 0 Å². The molecule has 0 bridgehead atoms. The van der Waals surface area contributed by atoms with E-state index in [0.717, 1.165) is 13.1 Å². The lowest BCUT2D eigenvalue weighted by molar-refractivity contribution is 0.502. The highest BCUT2D eigenvalue weighted by Crippen LogP contribution is 2.15. The molecule has 102 valence electrons. The molecule has 2 heteroatoms. The molecule has 0 aliphatic heterocycles. The molecule has 1 aromatic carbocycles. The Balaban J connectivity index is 2.65. The SMILES string of the molecule is CCCCN(CC(CCC)NC)c1ccccc1. The van der Waals surface area contributed by atoms with Crippen LogP contribution in [0.5, 0.6) is 0 Å². The first-order valence-corrected chi connectivity index (χ1v) is 7.29. The zero-order chi connectivity index (χ0) is 13.2. The minimum Gasteiger partial charge on any atom is -0.370 e. The topological polar surface area (TPSA) is 15.3 Å². The number of rotatable bonds is 9. The average Bonchev–Trinajstić information content (AvgIpc) is 2.43. The van der Waals surface area contributed by atoms with Crippen LogP contribution in [0.15, 0.2) is 30.3 Å². The molecule has 18 heavy (non-hydrogen) atoms. The van der Waals surface area contributed by atoms with Gasteiger partial charge in [0.1, 0.15) is 0 Å². The molecule has 0 spiro atoms. The Hall–Kier alpha value is -1.02. The van der Waals surface area contributed by atoms with Gasteiger partial charge < -0.3 is 10.2 Å². The molecule has 0 aliphatic carbocycles. The highest BCUT2D eigenvalue weighted by atomic mass is 15.1. The Morgan fingerprint density at radius 3 is 2.39 bits per heavy atom. The Morgan fingerprint density at radius 1 is 1.11 bits per heavy atom. The largest absolute Gasteiger partial charge is 0.370 e. The van der Waals surface area contributed by atoms with Crippen LogP contribution in [0.3, 0.4) is 0 Å². The maximum atomic E-state index is 3.44. The molecule has 2 nitrogen and oxygen atoms in total. The van der Waals surface area contributed by atoms with Crippen LogP contribution in [0.2, 0.25) is 0 Å². The van der Waals surface area contributed by atoms with Gasteiger partial charge in [0, 0.05) is 24.8 Å². The second-order valence-electron chi connectivity index (χ2n) is 4.91. The van der Waals surface area contributed by atoms with Crippen molar-refractivity contribution in [1.29, 1.82) is 0 Å². The maximum absolute atomic E-state index is 3.44. The number of benzene rings is 1. The van der Waals surface area contributed by atoms with Gasteiger partial charge in [-0.05, 0) is 32.0 Å². The standard InChI is InChI=1S/C16H28N2/c1-4-6-13-18(14-15(17-3)10-5-2)16-11-8-7-9-12-16/h7-9,11-12,15,17H,4-6,10,13-14H2,1-3H3. The van der Waals surface area contributed by atoms with Crippen LogP contribution >= 0.6 is 0 Å². The molecule has 1 N–H and O–H groups in total. The van der Waals surface area contributed by atoms with Crippen molar-refractivity contribution in [2.75, 3.05) is 25.0 Å². The normalized spacial score (nSPS) is 12.4. The van der Waals surface area contributed by atoms with Crippen LogP contribution < -0.4 is 10.2 Å². The monoisotopic (exact) mass is 248 g/mol. The summed E-state index contributed by atoms with van der Waals surface area (Å²) in [5.74, 6) is 0. The molecule has 1 aromatic rings. The van der Waals surface area contributed by atoms with Crippen molar-refractivity contribution < 1.29 is 0 Å². The highest BCUT2D eigenvalue weighted by molar-refractivity contribution is 5.46. The smallest absolute Gasteiger partial charge is 0.0366 e. The zero-order valence-electron chi connectivity index (χ0n) is 12.2. The fraction of sp³-hybridized carbons (Fsp3) is 0.625. The minimum atomic E-state index is 0.590. The molecule has 0 aliphatic rings. The van der Waals surface area contributed by atoms with Gasteiger partial charge in [-0.15, -0.1) is 0 Å². The van der Waals surface area contributed by atoms with Crippen LogP contribution in [0.25, 0.3) is 0 Å². The van der Waals surface area contributed by atoms with E-state index < -0.39 is 0 Å². The zero-order valence-corrected chi connectivity index (χ0v) is 12.2. The second-order valence-corrected chi connectivity index (χ2v) is 4.91. The second kappa shape index (κ2) is 8.98. The summed E-state index contributed by atoms with van der Waals surface area (Å²) in [6.45, 7) is 6.77. The van der Waals surface area contributed by atoms with Crippen molar-refractivity contribution in [1.82, 2.24) is 5.32 Å². The van der Waals surface area contributed by atoms with Gasteiger partial charge in [-0.25, -0.2) is 0 Å². The van der Waals surface area contributed by atoms with E-state index >= 15 is 0 Å². The molecule has 0 heterocycles. The number of hydrogen-bond donors (Lipinski definition) is 1. The van der Waals surface area contributed by atoms with Gasteiger partial charge in [0.15, 0.2) is 0 Å². The molecule has 0 saturated heterocycles. The third-order valence-electron chi connectivity index (χ3n) is 3.39. The van der Waals surface area contributed by atoms with E-state index in [4.69, 9.17) is 0 Å². The van der Waals surface area contributed by atoms with E-state index in [0.29, 0.717) is 6.04 Å². The van der Waals surface area contributed by atoms with E-state index in [1.165, 1.54) is 31.4 Å². The first-order chi connectivity index (χ1) is 8.81. The quantitative estimate of drug-likeness (QED) is 0.717. The van der Waals surface area contributed by atoms with Gasteiger partial charge in [-0.1, -0.05) is 44.9 Å². The predicted molar refractivity (Wildman–Crippen MR) is 81.3 cm³/mol. The van der Waals surface area contributed by atoms with Crippen LogP contribution in [-0.4, -0.2) is 26.2 Å². The fourth-order valence-corrected chi connectivity index (χ4v) is 2.25. The lowest BCUT2D eigenvalue weighted by Gasteiger charge is -2.29. The Bertz CT molecular complexity index is 297. The summed E-state index contributed by atoms with van der Waals surface area (Å²) in [4.78, 5) is 2.51. The van der Waals surface area contributed by atoms with E-state index in [1.807, 2.05) is 0 Å². The third-order valence-corrected chi connectivity index (χ3v) is 3.39. The average molecular weight is 248 g/mol. The molecular formula is C16H28N2. The minimum absolute atomic E-state index is 0.590. The van der Waals surface area contributed by atoms with E-state index in [2.05, 4.69) is 61.4 Å². The third kappa shape index (κ3) is 5.09. The molecule has 0 aromatic heterocycles. The van der Waals surface area contributed by atoms with Crippen LogP contribution in [0.1, 0.15) is 39.5 Å². The first-order valence-electron chi connectivity index (χ1n) is 7.29. The summed E-state index contributed by atoms with van der Waals surface area (Å²) in [5.41, 5.74) is 1.35. The first kappa shape index (κ1) is 15.0. The van der Waals surface area contributed by atoms with Gasteiger partial charge in [-0.3, -0.25) is 0 Å². The Morgan fingerprint density at radius 2 is 1.83 bits per heavy atom. The van der Waals surface area contributed by atoms with E-state index in [-0.39, 0.29) is 0 Å². The highest BCUT2D eigenvalue weighted by Gasteiger charge is 2.12. The Labute approximate surface area is 112 Å². The molecule has 0 radical (unpaired) electrons. The summed E-state index contributed by atoms with van der Waals surface area (Å²) in [6.07, 6.45) is 4.99. The van der Waals surface area contributed by atoms with Gasteiger partial charge in [0.05, 0.1) is 0 Å². The summed E-state index contributed by atoms with van der Waals surface area (Å²) in [7, 11) is 2.07. The van der Waals surface area contributed by atoms with E-state index in [1.54, 1.807) is 0 Å². The number of para-hydroxylation sites is 1. The van der Waals surface area contributed by atoms with E-state index in [9.17, 15) is 0 Å². The van der Waals surface area contributed by atoms with Gasteiger partial charge >= 0.3 is 0 Å². The molecule has 1 unspecified atom stereocenters. The van der Waals surface area contributed by atoms with Crippen molar-refractivity contribution in [2.45, 2.75) is 45.6 Å². The molecule has 0 fully saturated rings. The van der Waals surface area contributed by atoms with Gasteiger partial charge in [-0.2, -0.15) is 0 Å². The van der Waals surface area contributed by atoms with Crippen molar-refractivity contribution in [3.63, 3.8) is 0 Å². The number of unbranched alkanes of at least 4 members (excludes halogenated alkanes) is 1. The van der Waals surface area contributed by atoms with Crippen LogP contribution in [-0.2, 0) is 0 Å². The summed E-state index contributed by atoms with van der Waals surface area (Å²) < 4.78 is 0. The summed E-state index contributed by atoms with van der Waals surface area (Å²) >= 11 is 0. The summed E-state index contributed by atoms with van der Waals surface area (Å²) in [5, 5.41) is 3.44. The molecule has 1 rings (SSSR count). The number of hydrogen-bond acceptors (Lipinski definition) is 2. The lowest BCUT2D eigenvalue weighted by Crippen LogP contribution is -2.40. The number of likely N-dealkylation sites (N-methyl/N-ethyl adjacent to an activating group) is 1. The van der Waals surface area contributed by atoms with Crippen LogP contribution in [0, 0.1) is 0 Å². The number of nitrogens with one attached hydrogen (secondary N) is 1. The predicted octanol–water partition coefficient (Wildman–Crippen LogP) is 3.68. The molecule has 0 saturated carbocycles. The lowest BCUT2D eigenvalue weighted by atomic mass is 10.1. The van der Waals surface area contributed by atoms with Crippen LogP contribution in [0.4, 0.5) is 5.69 Å². The Kier molecular flexibility index (Phi) is 7.51. The van der Waals surface area contributed by atoms with Crippen molar-refractivity contribution >= 4 is 5.69 Å². The maximum Gasteiger partial charge on any atom is 0.0366 e. The number of nitrogens with zero attached hydrogens (tertiary/aromatic N) is 1. The summed E-state index contributed by atoms with van der Waals surface area (Å²) in [6, 6.07) is 11.4. The molecule has 0 amide bonds. The molecule has 1 atom stereocenters. The molecular weight excluding hydrogens is 220 g/mol.